The summed E-state index contributed by atoms with van der Waals surface area (Å²) in [7, 11) is 1.57. The normalized spacial score (nSPS) is 11.9. The molecule has 0 rings (SSSR count). The lowest BCUT2D eigenvalue weighted by Gasteiger charge is -2.28. The Kier molecular flexibility index (Phi) is 18.5. The molecule has 0 aromatic rings. The minimum atomic E-state index is -0.635. The minimum absolute atomic E-state index is 0.0505. The Hall–Kier alpha value is -1.52. The molecule has 1 unspecified atom stereocenters. The predicted molar refractivity (Wildman–Crippen MR) is 125 cm³/mol. The largest absolute Gasteiger partial charge is 0.464 e. The first-order valence-electron chi connectivity index (χ1n) is 12.1. The van der Waals surface area contributed by atoms with E-state index in [4.69, 9.17) is 9.47 Å². The summed E-state index contributed by atoms with van der Waals surface area (Å²) in [5.74, 6) is -0.410. The number of carbonyl (C=O) groups is 2. The molecule has 0 radical (unpaired) electrons. The second-order valence-electron chi connectivity index (χ2n) is 8.58. The molecule has 0 spiro atoms. The Labute approximate surface area is 185 Å². The van der Waals surface area contributed by atoms with E-state index in [2.05, 4.69) is 13.5 Å². The smallest absolute Gasteiger partial charge is 0.410 e. The van der Waals surface area contributed by atoms with E-state index in [-0.39, 0.29) is 18.5 Å². The second-order valence-corrected chi connectivity index (χ2v) is 8.58. The third-order valence-electron chi connectivity index (χ3n) is 5.40. The Morgan fingerprint density at radius 1 is 0.833 bits per heavy atom. The van der Waals surface area contributed by atoms with Crippen LogP contribution < -0.4 is 0 Å². The number of rotatable bonds is 19. The number of hydrogen-bond donors (Lipinski definition) is 0. The van der Waals surface area contributed by atoms with Gasteiger partial charge in [0, 0.05) is 7.05 Å². The van der Waals surface area contributed by atoms with Crippen molar-refractivity contribution in [1.29, 1.82) is 0 Å². The molecule has 0 aromatic carbocycles. The predicted octanol–water partition coefficient (Wildman–Crippen LogP) is 6.90. The fourth-order valence-electron chi connectivity index (χ4n) is 3.60. The lowest BCUT2D eigenvalue weighted by molar-refractivity contribution is -0.150. The molecule has 0 bridgehead atoms. The summed E-state index contributed by atoms with van der Waals surface area (Å²) < 4.78 is 10.5. The van der Waals surface area contributed by atoms with Gasteiger partial charge >= 0.3 is 12.1 Å². The van der Waals surface area contributed by atoms with E-state index in [1.54, 1.807) is 7.05 Å². The van der Waals surface area contributed by atoms with E-state index in [0.717, 1.165) is 12.8 Å². The maximum Gasteiger partial charge on any atom is 0.410 e. The van der Waals surface area contributed by atoms with E-state index in [1.165, 1.54) is 81.6 Å². The Morgan fingerprint density at radius 2 is 1.30 bits per heavy atom. The summed E-state index contributed by atoms with van der Waals surface area (Å²) in [5, 5.41) is 0. The molecule has 5 nitrogen and oxygen atoms in total. The average molecular weight is 426 g/mol. The summed E-state index contributed by atoms with van der Waals surface area (Å²) in [4.78, 5) is 25.8. The standard InChI is InChI=1S/C25H47NO4/c1-6-8-9-10-11-12-13-14-15-16-17-18-19-21-29-24(27)23(22(3)4)26(5)25(28)30-20-7-2/h7,22-23H,2,6,8-21H2,1,3-5H3. The van der Waals surface area contributed by atoms with Gasteiger partial charge in [0.2, 0.25) is 0 Å². The molecular weight excluding hydrogens is 378 g/mol. The number of nitrogens with zero attached hydrogens (tertiary/aromatic N) is 1. The molecule has 0 aliphatic rings. The van der Waals surface area contributed by atoms with Crippen LogP contribution in [0.3, 0.4) is 0 Å². The van der Waals surface area contributed by atoms with Crippen LogP contribution in [0.15, 0.2) is 12.7 Å². The van der Waals surface area contributed by atoms with Crippen LogP contribution in [0.1, 0.15) is 104 Å². The van der Waals surface area contributed by atoms with Crippen molar-refractivity contribution in [2.24, 2.45) is 5.92 Å². The number of ether oxygens (including phenoxy) is 2. The third-order valence-corrected chi connectivity index (χ3v) is 5.40. The number of carbonyl (C=O) groups excluding carboxylic acids is 2. The van der Waals surface area contributed by atoms with Crippen LogP contribution in [-0.4, -0.2) is 43.3 Å². The lowest BCUT2D eigenvalue weighted by Crippen LogP contribution is -2.46. The topological polar surface area (TPSA) is 55.8 Å². The molecule has 0 heterocycles. The summed E-state index contributed by atoms with van der Waals surface area (Å²) >= 11 is 0. The van der Waals surface area contributed by atoms with Crippen LogP contribution in [0.4, 0.5) is 4.79 Å². The first-order valence-corrected chi connectivity index (χ1v) is 12.1. The lowest BCUT2D eigenvalue weighted by atomic mass is 10.0. The van der Waals surface area contributed by atoms with Crippen LogP contribution in [0.5, 0.6) is 0 Å². The van der Waals surface area contributed by atoms with E-state index in [0.29, 0.717) is 6.61 Å². The van der Waals surface area contributed by atoms with Gasteiger partial charge in [-0.2, -0.15) is 0 Å². The van der Waals surface area contributed by atoms with Gasteiger partial charge < -0.3 is 9.47 Å². The highest BCUT2D eigenvalue weighted by Gasteiger charge is 2.31. The molecule has 176 valence electrons. The number of likely N-dealkylation sites (N-methyl/N-ethyl adjacent to an activating group) is 1. The molecular formula is C25H47NO4. The average Bonchev–Trinajstić information content (AvgIpc) is 2.71. The number of unbranched alkanes of at least 4 members (excludes halogenated alkanes) is 12. The summed E-state index contributed by atoms with van der Waals surface area (Å²) in [6, 6.07) is -0.635. The van der Waals surface area contributed by atoms with Crippen LogP contribution in [0.2, 0.25) is 0 Å². The molecule has 0 fully saturated rings. The van der Waals surface area contributed by atoms with E-state index >= 15 is 0 Å². The monoisotopic (exact) mass is 425 g/mol. The highest BCUT2D eigenvalue weighted by atomic mass is 16.6. The molecule has 5 heteroatoms. The van der Waals surface area contributed by atoms with Gasteiger partial charge in [-0.1, -0.05) is 110 Å². The van der Waals surface area contributed by atoms with E-state index < -0.39 is 12.1 Å². The summed E-state index contributed by atoms with van der Waals surface area (Å²) in [6.45, 7) is 10.1. The van der Waals surface area contributed by atoms with Gasteiger partial charge in [0.15, 0.2) is 0 Å². The maximum absolute atomic E-state index is 12.4. The van der Waals surface area contributed by atoms with Gasteiger partial charge in [0.05, 0.1) is 6.61 Å². The molecule has 0 aliphatic heterocycles. The van der Waals surface area contributed by atoms with Crippen molar-refractivity contribution in [1.82, 2.24) is 4.90 Å². The first-order chi connectivity index (χ1) is 14.5. The minimum Gasteiger partial charge on any atom is -0.464 e. The quantitative estimate of drug-likeness (QED) is 0.128. The third kappa shape index (κ3) is 14.5. The van der Waals surface area contributed by atoms with Crippen LogP contribution in [0.25, 0.3) is 0 Å². The zero-order valence-electron chi connectivity index (χ0n) is 20.1. The molecule has 0 saturated carbocycles. The van der Waals surface area contributed by atoms with Gasteiger partial charge in [-0.3, -0.25) is 4.90 Å². The molecule has 0 aliphatic carbocycles. The number of hydrogen-bond acceptors (Lipinski definition) is 4. The van der Waals surface area contributed by atoms with Crippen molar-refractivity contribution in [3.8, 4) is 0 Å². The van der Waals surface area contributed by atoms with Crippen molar-refractivity contribution in [3.05, 3.63) is 12.7 Å². The highest BCUT2D eigenvalue weighted by Crippen LogP contribution is 2.14. The first kappa shape index (κ1) is 28.5. The number of esters is 1. The molecule has 1 amide bonds. The van der Waals surface area contributed by atoms with Crippen LogP contribution in [0, 0.1) is 5.92 Å². The van der Waals surface area contributed by atoms with Crippen molar-refractivity contribution < 1.29 is 19.1 Å². The summed E-state index contributed by atoms with van der Waals surface area (Å²) in [5.41, 5.74) is 0. The fraction of sp³-hybridized carbons (Fsp3) is 0.840. The SMILES string of the molecule is C=CCOC(=O)N(C)C(C(=O)OCCCCCCCCCCCCCCC)C(C)C. The molecule has 1 atom stereocenters. The van der Waals surface area contributed by atoms with Gasteiger partial charge in [-0.05, 0) is 12.3 Å². The Morgan fingerprint density at radius 3 is 1.73 bits per heavy atom. The molecule has 0 aromatic heterocycles. The highest BCUT2D eigenvalue weighted by molar-refractivity contribution is 5.81. The van der Waals surface area contributed by atoms with E-state index in [9.17, 15) is 9.59 Å². The zero-order valence-corrected chi connectivity index (χ0v) is 20.1. The van der Waals surface area contributed by atoms with Gasteiger partial charge in [-0.25, -0.2) is 9.59 Å². The van der Waals surface area contributed by atoms with Crippen molar-refractivity contribution in [3.63, 3.8) is 0 Å². The Balaban J connectivity index is 3.79. The molecule has 30 heavy (non-hydrogen) atoms. The van der Waals surface area contributed by atoms with E-state index in [1.807, 2.05) is 13.8 Å². The van der Waals surface area contributed by atoms with Crippen molar-refractivity contribution >= 4 is 12.1 Å². The fourth-order valence-corrected chi connectivity index (χ4v) is 3.60. The van der Waals surface area contributed by atoms with Gasteiger partial charge in [-0.15, -0.1) is 0 Å². The van der Waals surface area contributed by atoms with Gasteiger partial charge in [0.1, 0.15) is 12.6 Å². The maximum atomic E-state index is 12.4. The Bertz CT molecular complexity index is 450. The zero-order chi connectivity index (χ0) is 22.6. The molecule has 0 N–H and O–H groups in total. The second kappa shape index (κ2) is 19.4. The van der Waals surface area contributed by atoms with Crippen molar-refractivity contribution in [2.45, 2.75) is 110 Å². The van der Waals surface area contributed by atoms with Crippen molar-refractivity contribution in [2.75, 3.05) is 20.3 Å². The molecule has 0 saturated heterocycles. The number of amides is 1. The summed E-state index contributed by atoms with van der Waals surface area (Å²) in [6.07, 6.45) is 17.7. The van der Waals surface area contributed by atoms with Crippen LogP contribution >= 0.6 is 0 Å². The van der Waals surface area contributed by atoms with Gasteiger partial charge in [0.25, 0.3) is 0 Å². The van der Waals surface area contributed by atoms with Crippen LogP contribution in [-0.2, 0) is 14.3 Å².